The molecular formula is C13H24N2O3S. The fourth-order valence-corrected chi connectivity index (χ4v) is 3.83. The van der Waals surface area contributed by atoms with Crippen molar-refractivity contribution in [3.63, 3.8) is 0 Å². The van der Waals surface area contributed by atoms with Crippen LogP contribution in [0.3, 0.4) is 0 Å². The zero-order valence-electron chi connectivity index (χ0n) is 12.0. The van der Waals surface area contributed by atoms with Gasteiger partial charge in [0.1, 0.15) is 6.04 Å². The van der Waals surface area contributed by atoms with Crippen LogP contribution in [0, 0.1) is 5.92 Å². The smallest absolute Gasteiger partial charge is 0.241 e. The Morgan fingerprint density at radius 2 is 2.00 bits per heavy atom. The molecule has 19 heavy (non-hydrogen) atoms. The summed E-state index contributed by atoms with van der Waals surface area (Å²) in [6.45, 7) is 4.68. The van der Waals surface area contributed by atoms with Gasteiger partial charge in [0, 0.05) is 12.1 Å². The van der Waals surface area contributed by atoms with E-state index in [1.54, 1.807) is 0 Å². The van der Waals surface area contributed by atoms with Crippen LogP contribution in [-0.4, -0.2) is 43.6 Å². The molecule has 1 heterocycles. The summed E-state index contributed by atoms with van der Waals surface area (Å²) < 4.78 is 25.4. The third kappa shape index (κ3) is 2.79. The number of nitrogens with one attached hydrogen (secondary N) is 1. The summed E-state index contributed by atoms with van der Waals surface area (Å²) in [6.07, 6.45) is 6.29. The average molecular weight is 288 g/mol. The lowest BCUT2D eigenvalue weighted by Crippen LogP contribution is -2.69. The van der Waals surface area contributed by atoms with Crippen LogP contribution < -0.4 is 4.72 Å². The lowest BCUT2D eigenvalue weighted by Gasteiger charge is -2.59. The Kier molecular flexibility index (Phi) is 3.93. The van der Waals surface area contributed by atoms with Gasteiger partial charge in [-0.2, -0.15) is 0 Å². The van der Waals surface area contributed by atoms with Gasteiger partial charge >= 0.3 is 0 Å². The maximum atomic E-state index is 12.6. The van der Waals surface area contributed by atoms with Crippen molar-refractivity contribution in [1.82, 2.24) is 9.62 Å². The summed E-state index contributed by atoms with van der Waals surface area (Å²) in [5.74, 6) is -0.0225. The van der Waals surface area contributed by atoms with Gasteiger partial charge in [-0.15, -0.1) is 0 Å². The quantitative estimate of drug-likeness (QED) is 0.824. The minimum atomic E-state index is -3.36. The highest BCUT2D eigenvalue weighted by molar-refractivity contribution is 7.88. The molecule has 0 unspecified atom stereocenters. The van der Waals surface area contributed by atoms with Gasteiger partial charge in [0.15, 0.2) is 0 Å². The van der Waals surface area contributed by atoms with E-state index >= 15 is 0 Å². The zero-order chi connectivity index (χ0) is 14.3. The molecule has 1 spiro atoms. The molecule has 2 aliphatic rings. The Hall–Kier alpha value is -0.620. The molecule has 1 N–H and O–H groups in total. The van der Waals surface area contributed by atoms with E-state index in [-0.39, 0.29) is 17.4 Å². The highest BCUT2D eigenvalue weighted by Gasteiger charge is 2.52. The molecule has 2 atom stereocenters. The second kappa shape index (κ2) is 5.05. The fourth-order valence-electron chi connectivity index (χ4n) is 3.03. The Balaban J connectivity index is 2.11. The third-order valence-electron chi connectivity index (χ3n) is 4.74. The first kappa shape index (κ1) is 14.8. The van der Waals surface area contributed by atoms with Crippen LogP contribution in [-0.2, 0) is 14.8 Å². The molecular weight excluding hydrogens is 264 g/mol. The third-order valence-corrected chi connectivity index (χ3v) is 5.43. The fraction of sp³-hybridized carbons (Fsp3) is 0.923. The molecule has 110 valence electrons. The Labute approximate surface area is 115 Å². The van der Waals surface area contributed by atoms with Crippen molar-refractivity contribution >= 4 is 15.9 Å². The normalized spacial score (nSPS) is 24.5. The Bertz CT molecular complexity index is 451. The van der Waals surface area contributed by atoms with Crippen molar-refractivity contribution < 1.29 is 13.2 Å². The summed E-state index contributed by atoms with van der Waals surface area (Å²) in [6, 6.07) is -0.613. The number of hydrogen-bond acceptors (Lipinski definition) is 3. The molecule has 1 saturated heterocycles. The first-order valence-corrected chi connectivity index (χ1v) is 8.97. The number of carbonyl (C=O) groups excluding carboxylic acids is 1. The van der Waals surface area contributed by atoms with Gasteiger partial charge in [0.25, 0.3) is 0 Å². The van der Waals surface area contributed by atoms with E-state index in [2.05, 4.69) is 4.72 Å². The number of amides is 1. The SMILES string of the molecule is CC[C@@H](C)[C@@H](NS(C)(=O)=O)C(=O)N1CCC12CCC2. The van der Waals surface area contributed by atoms with E-state index in [1.807, 2.05) is 18.7 Å². The van der Waals surface area contributed by atoms with Gasteiger partial charge < -0.3 is 4.90 Å². The number of hydrogen-bond donors (Lipinski definition) is 1. The van der Waals surface area contributed by atoms with Gasteiger partial charge in [0.05, 0.1) is 6.26 Å². The standard InChI is InChI=1S/C13H24N2O3S/c1-4-10(2)11(14-19(3,17)18)12(16)15-9-8-13(15)6-5-7-13/h10-11,14H,4-9H2,1-3H3/t10-,11-/m1/s1. The molecule has 1 amide bonds. The highest BCUT2D eigenvalue weighted by atomic mass is 32.2. The van der Waals surface area contributed by atoms with Gasteiger partial charge in [-0.25, -0.2) is 13.1 Å². The Morgan fingerprint density at radius 3 is 2.32 bits per heavy atom. The molecule has 0 aromatic heterocycles. The van der Waals surface area contributed by atoms with E-state index in [4.69, 9.17) is 0 Å². The maximum Gasteiger partial charge on any atom is 0.241 e. The molecule has 0 aromatic rings. The number of sulfonamides is 1. The first-order valence-electron chi connectivity index (χ1n) is 7.08. The second-order valence-corrected chi connectivity index (χ2v) is 7.85. The van der Waals surface area contributed by atoms with Crippen LogP contribution in [0.4, 0.5) is 0 Å². The van der Waals surface area contributed by atoms with Gasteiger partial charge in [-0.05, 0) is 31.6 Å². The van der Waals surface area contributed by atoms with Crippen LogP contribution in [0.15, 0.2) is 0 Å². The topological polar surface area (TPSA) is 66.5 Å². The summed E-state index contributed by atoms with van der Waals surface area (Å²) in [5, 5.41) is 0. The van der Waals surface area contributed by atoms with Crippen LogP contribution >= 0.6 is 0 Å². The monoisotopic (exact) mass is 288 g/mol. The molecule has 1 aliphatic carbocycles. The van der Waals surface area contributed by atoms with E-state index in [1.165, 1.54) is 6.42 Å². The number of carbonyl (C=O) groups is 1. The maximum absolute atomic E-state index is 12.6. The zero-order valence-corrected chi connectivity index (χ0v) is 12.8. The van der Waals surface area contributed by atoms with Crippen molar-refractivity contribution in [2.24, 2.45) is 5.92 Å². The molecule has 1 saturated carbocycles. The minimum absolute atomic E-state index is 0.0138. The molecule has 0 bridgehead atoms. The summed E-state index contributed by atoms with van der Waals surface area (Å²) >= 11 is 0. The molecule has 0 radical (unpaired) electrons. The average Bonchev–Trinajstić information content (AvgIpc) is 2.20. The number of likely N-dealkylation sites (tertiary alicyclic amines) is 1. The predicted molar refractivity (Wildman–Crippen MR) is 74.1 cm³/mol. The number of nitrogens with zero attached hydrogens (tertiary/aromatic N) is 1. The minimum Gasteiger partial charge on any atom is -0.335 e. The number of rotatable bonds is 5. The highest BCUT2D eigenvalue weighted by Crippen LogP contribution is 2.47. The Morgan fingerprint density at radius 1 is 1.37 bits per heavy atom. The lowest BCUT2D eigenvalue weighted by atomic mass is 9.67. The van der Waals surface area contributed by atoms with Crippen molar-refractivity contribution in [2.45, 2.75) is 57.5 Å². The lowest BCUT2D eigenvalue weighted by molar-refractivity contribution is -0.158. The van der Waals surface area contributed by atoms with Crippen LogP contribution in [0.5, 0.6) is 0 Å². The van der Waals surface area contributed by atoms with Crippen molar-refractivity contribution in [2.75, 3.05) is 12.8 Å². The van der Waals surface area contributed by atoms with Crippen molar-refractivity contribution in [1.29, 1.82) is 0 Å². The van der Waals surface area contributed by atoms with Crippen LogP contribution in [0.25, 0.3) is 0 Å². The summed E-state index contributed by atoms with van der Waals surface area (Å²) in [5.41, 5.74) is 0.0714. The van der Waals surface area contributed by atoms with Crippen LogP contribution in [0.2, 0.25) is 0 Å². The van der Waals surface area contributed by atoms with Gasteiger partial charge in [-0.1, -0.05) is 20.3 Å². The van der Waals surface area contributed by atoms with Gasteiger partial charge in [-0.3, -0.25) is 4.79 Å². The molecule has 0 aromatic carbocycles. The second-order valence-electron chi connectivity index (χ2n) is 6.07. The van der Waals surface area contributed by atoms with E-state index in [0.717, 1.165) is 38.5 Å². The predicted octanol–water partition coefficient (Wildman–Crippen LogP) is 1.11. The molecule has 1 aliphatic heterocycles. The van der Waals surface area contributed by atoms with Crippen molar-refractivity contribution in [3.05, 3.63) is 0 Å². The van der Waals surface area contributed by atoms with Crippen molar-refractivity contribution in [3.8, 4) is 0 Å². The van der Waals surface area contributed by atoms with E-state index in [0.29, 0.717) is 0 Å². The summed E-state index contributed by atoms with van der Waals surface area (Å²) in [4.78, 5) is 14.5. The summed E-state index contributed by atoms with van der Waals surface area (Å²) in [7, 11) is -3.36. The largest absolute Gasteiger partial charge is 0.335 e. The first-order chi connectivity index (χ1) is 8.79. The van der Waals surface area contributed by atoms with E-state index in [9.17, 15) is 13.2 Å². The van der Waals surface area contributed by atoms with Gasteiger partial charge in [0.2, 0.25) is 15.9 Å². The molecule has 5 nitrogen and oxygen atoms in total. The molecule has 2 fully saturated rings. The van der Waals surface area contributed by atoms with E-state index < -0.39 is 16.1 Å². The molecule has 6 heteroatoms. The van der Waals surface area contributed by atoms with Crippen LogP contribution in [0.1, 0.15) is 46.0 Å². The molecule has 2 rings (SSSR count).